The Balaban J connectivity index is 1.74. The molecule has 2 nitrogen and oxygen atoms in total. The van der Waals surface area contributed by atoms with Crippen molar-refractivity contribution in [2.75, 3.05) is 13.2 Å². The van der Waals surface area contributed by atoms with Crippen LogP contribution in [0.15, 0.2) is 30.3 Å². The van der Waals surface area contributed by atoms with Crippen molar-refractivity contribution in [1.82, 2.24) is 5.32 Å². The molecule has 2 heteroatoms. The van der Waals surface area contributed by atoms with E-state index in [-0.39, 0.29) is 0 Å². The van der Waals surface area contributed by atoms with Crippen molar-refractivity contribution < 1.29 is 4.74 Å². The van der Waals surface area contributed by atoms with Crippen LogP contribution in [0.25, 0.3) is 0 Å². The summed E-state index contributed by atoms with van der Waals surface area (Å²) in [5.74, 6) is 6.13. The maximum Gasteiger partial charge on any atom is 0.108 e. The molecule has 1 unspecified atom stereocenters. The van der Waals surface area contributed by atoms with Gasteiger partial charge in [0, 0.05) is 18.2 Å². The first kappa shape index (κ1) is 11.2. The molecular formula is C14H17NO. The molecule has 0 radical (unpaired) electrons. The van der Waals surface area contributed by atoms with Crippen molar-refractivity contribution in [3.8, 4) is 11.8 Å². The molecule has 0 saturated carbocycles. The van der Waals surface area contributed by atoms with Crippen LogP contribution in [0.1, 0.15) is 18.9 Å². The molecule has 16 heavy (non-hydrogen) atoms. The van der Waals surface area contributed by atoms with Crippen molar-refractivity contribution in [1.29, 1.82) is 0 Å². The van der Waals surface area contributed by atoms with Crippen LogP contribution >= 0.6 is 0 Å². The minimum atomic E-state index is 0.333. The van der Waals surface area contributed by atoms with Gasteiger partial charge in [0.1, 0.15) is 6.61 Å². The van der Waals surface area contributed by atoms with E-state index in [0.29, 0.717) is 18.8 Å². The molecule has 1 heterocycles. The maximum atomic E-state index is 5.66. The number of rotatable bonds is 2. The van der Waals surface area contributed by atoms with Crippen LogP contribution in [0.5, 0.6) is 0 Å². The summed E-state index contributed by atoms with van der Waals surface area (Å²) >= 11 is 0. The van der Waals surface area contributed by atoms with E-state index < -0.39 is 0 Å². The van der Waals surface area contributed by atoms with E-state index in [2.05, 4.69) is 24.1 Å². The predicted molar refractivity (Wildman–Crippen MR) is 65.1 cm³/mol. The average Bonchev–Trinajstić information content (AvgIpc) is 2.72. The van der Waals surface area contributed by atoms with E-state index in [4.69, 9.17) is 4.74 Å². The third kappa shape index (κ3) is 3.37. The van der Waals surface area contributed by atoms with E-state index in [9.17, 15) is 0 Å². The van der Waals surface area contributed by atoms with Gasteiger partial charge in [0.05, 0.1) is 6.10 Å². The van der Waals surface area contributed by atoms with Crippen LogP contribution < -0.4 is 5.32 Å². The highest BCUT2D eigenvalue weighted by Crippen LogP contribution is 2.08. The largest absolute Gasteiger partial charge is 0.364 e. The Bertz CT molecular complexity index is 377. The molecule has 84 valence electrons. The average molecular weight is 215 g/mol. The molecule has 0 amide bonds. The van der Waals surface area contributed by atoms with Gasteiger partial charge >= 0.3 is 0 Å². The van der Waals surface area contributed by atoms with Crippen molar-refractivity contribution in [2.45, 2.75) is 25.5 Å². The highest BCUT2D eigenvalue weighted by Gasteiger charge is 2.20. The van der Waals surface area contributed by atoms with Gasteiger partial charge < -0.3 is 10.1 Å². The minimum Gasteiger partial charge on any atom is -0.364 e. The highest BCUT2D eigenvalue weighted by atomic mass is 16.5. The van der Waals surface area contributed by atoms with Crippen LogP contribution in [0.3, 0.4) is 0 Å². The normalized spacial score (nSPS) is 23.8. The molecule has 1 aromatic carbocycles. The van der Waals surface area contributed by atoms with Crippen molar-refractivity contribution in [3.63, 3.8) is 0 Å². The molecule has 2 atom stereocenters. The SMILES string of the molecule is CC1C[C@@H](OCC#Cc2ccccc2)CN1. The molecule has 1 aromatic rings. The summed E-state index contributed by atoms with van der Waals surface area (Å²) in [4.78, 5) is 0. The van der Waals surface area contributed by atoms with Crippen LogP contribution in [0, 0.1) is 11.8 Å². The number of hydrogen-bond donors (Lipinski definition) is 1. The first-order valence-corrected chi connectivity index (χ1v) is 5.73. The van der Waals surface area contributed by atoms with Gasteiger partial charge in [0.15, 0.2) is 0 Å². The van der Waals surface area contributed by atoms with Crippen molar-refractivity contribution >= 4 is 0 Å². The first-order valence-electron chi connectivity index (χ1n) is 5.73. The summed E-state index contributed by atoms with van der Waals surface area (Å²) < 4.78 is 5.66. The molecule has 0 aliphatic carbocycles. The summed E-state index contributed by atoms with van der Waals surface area (Å²) in [6, 6.07) is 10.6. The highest BCUT2D eigenvalue weighted by molar-refractivity contribution is 5.33. The molecule has 0 spiro atoms. The lowest BCUT2D eigenvalue weighted by molar-refractivity contribution is 0.0918. The Morgan fingerprint density at radius 3 is 2.88 bits per heavy atom. The fourth-order valence-corrected chi connectivity index (χ4v) is 1.84. The smallest absolute Gasteiger partial charge is 0.108 e. The van der Waals surface area contributed by atoms with Crippen LogP contribution in [0.2, 0.25) is 0 Å². The van der Waals surface area contributed by atoms with Gasteiger partial charge in [-0.05, 0) is 25.5 Å². The summed E-state index contributed by atoms with van der Waals surface area (Å²) in [6.07, 6.45) is 1.42. The van der Waals surface area contributed by atoms with Gasteiger partial charge in [-0.2, -0.15) is 0 Å². The zero-order valence-corrected chi connectivity index (χ0v) is 9.57. The van der Waals surface area contributed by atoms with Crippen LogP contribution in [0.4, 0.5) is 0 Å². The molecule has 1 fully saturated rings. The first-order chi connectivity index (χ1) is 7.84. The van der Waals surface area contributed by atoms with E-state index in [1.165, 1.54) is 0 Å². The summed E-state index contributed by atoms with van der Waals surface area (Å²) in [5, 5.41) is 3.35. The predicted octanol–water partition coefficient (Wildman–Crippen LogP) is 1.81. The van der Waals surface area contributed by atoms with Crippen LogP contribution in [-0.2, 0) is 4.74 Å². The molecule has 1 N–H and O–H groups in total. The zero-order chi connectivity index (χ0) is 11.2. The topological polar surface area (TPSA) is 21.3 Å². The van der Waals surface area contributed by atoms with Gasteiger partial charge in [-0.1, -0.05) is 30.0 Å². The Morgan fingerprint density at radius 2 is 2.19 bits per heavy atom. The Morgan fingerprint density at radius 1 is 1.38 bits per heavy atom. The van der Waals surface area contributed by atoms with E-state index in [1.54, 1.807) is 0 Å². The van der Waals surface area contributed by atoms with Crippen molar-refractivity contribution in [3.05, 3.63) is 35.9 Å². The fraction of sp³-hybridized carbons (Fsp3) is 0.429. The Hall–Kier alpha value is -1.30. The lowest BCUT2D eigenvalue weighted by Gasteiger charge is -2.06. The second kappa shape index (κ2) is 5.69. The summed E-state index contributed by atoms with van der Waals surface area (Å²) in [7, 11) is 0. The molecular weight excluding hydrogens is 198 g/mol. The number of nitrogens with one attached hydrogen (secondary N) is 1. The maximum absolute atomic E-state index is 5.66. The van der Waals surface area contributed by atoms with Gasteiger partial charge in [0.2, 0.25) is 0 Å². The van der Waals surface area contributed by atoms with E-state index >= 15 is 0 Å². The zero-order valence-electron chi connectivity index (χ0n) is 9.57. The van der Waals surface area contributed by atoms with E-state index in [1.807, 2.05) is 30.3 Å². The lowest BCUT2D eigenvalue weighted by atomic mass is 10.2. The molecule has 1 aliphatic rings. The van der Waals surface area contributed by atoms with Gasteiger partial charge in [0.25, 0.3) is 0 Å². The number of hydrogen-bond acceptors (Lipinski definition) is 2. The molecule has 0 bridgehead atoms. The second-order valence-corrected chi connectivity index (χ2v) is 4.15. The molecule has 0 aromatic heterocycles. The number of benzene rings is 1. The van der Waals surface area contributed by atoms with Crippen LogP contribution in [-0.4, -0.2) is 25.3 Å². The minimum absolute atomic E-state index is 0.333. The fourth-order valence-electron chi connectivity index (χ4n) is 1.84. The summed E-state index contributed by atoms with van der Waals surface area (Å²) in [5.41, 5.74) is 1.05. The number of ether oxygens (including phenoxy) is 1. The molecule has 2 rings (SSSR count). The molecule has 1 saturated heterocycles. The second-order valence-electron chi connectivity index (χ2n) is 4.15. The summed E-state index contributed by atoms with van der Waals surface area (Å²) in [6.45, 7) is 3.65. The Labute approximate surface area is 97.0 Å². The van der Waals surface area contributed by atoms with E-state index in [0.717, 1.165) is 18.5 Å². The lowest BCUT2D eigenvalue weighted by Crippen LogP contribution is -2.18. The van der Waals surface area contributed by atoms with Gasteiger partial charge in [-0.3, -0.25) is 0 Å². The van der Waals surface area contributed by atoms with Crippen molar-refractivity contribution in [2.24, 2.45) is 0 Å². The standard InChI is InChI=1S/C14H17NO/c1-12-10-14(11-15-12)16-9-5-8-13-6-3-2-4-7-13/h2-4,6-7,12,14-15H,9-11H2,1H3/t12?,14-/m1/s1. The monoisotopic (exact) mass is 215 g/mol. The Kier molecular flexibility index (Phi) is 3.98. The molecule has 1 aliphatic heterocycles. The third-order valence-corrected chi connectivity index (χ3v) is 2.71. The van der Waals surface area contributed by atoms with Gasteiger partial charge in [-0.25, -0.2) is 0 Å². The van der Waals surface area contributed by atoms with Gasteiger partial charge in [-0.15, -0.1) is 0 Å². The quantitative estimate of drug-likeness (QED) is 0.760. The third-order valence-electron chi connectivity index (χ3n) is 2.71.